The third-order valence-corrected chi connectivity index (χ3v) is 5.41. The predicted molar refractivity (Wildman–Crippen MR) is 94.8 cm³/mol. The summed E-state index contributed by atoms with van der Waals surface area (Å²) in [5.41, 5.74) is 2.15. The Morgan fingerprint density at radius 3 is 2.50 bits per heavy atom. The van der Waals surface area contributed by atoms with E-state index >= 15 is 0 Å². The summed E-state index contributed by atoms with van der Waals surface area (Å²) in [6.45, 7) is 9.82. The summed E-state index contributed by atoms with van der Waals surface area (Å²) in [6, 6.07) is 0. The van der Waals surface area contributed by atoms with Gasteiger partial charge in [-0.2, -0.15) is 0 Å². The summed E-state index contributed by atoms with van der Waals surface area (Å²) < 4.78 is 0. The van der Waals surface area contributed by atoms with Crippen LogP contribution in [0.3, 0.4) is 0 Å². The molecule has 5 nitrogen and oxygen atoms in total. The van der Waals surface area contributed by atoms with E-state index in [1.807, 2.05) is 13.8 Å². The smallest absolute Gasteiger partial charge is 0.191 e. The van der Waals surface area contributed by atoms with Gasteiger partial charge in [-0.3, -0.25) is 4.99 Å². The molecule has 0 bridgehead atoms. The Bertz CT molecular complexity index is 642. The molecule has 0 aliphatic carbocycles. The fourth-order valence-corrected chi connectivity index (χ4v) is 3.68. The van der Waals surface area contributed by atoms with E-state index in [-0.39, 0.29) is 0 Å². The Morgan fingerprint density at radius 1 is 1.23 bits per heavy atom. The summed E-state index contributed by atoms with van der Waals surface area (Å²) >= 11 is 3.43. The largest absolute Gasteiger partial charge is 0.351 e. The van der Waals surface area contributed by atoms with Gasteiger partial charge in [-0.05, 0) is 13.8 Å². The van der Waals surface area contributed by atoms with Gasteiger partial charge in [0.05, 0.1) is 34.5 Å². The van der Waals surface area contributed by atoms with Crippen LogP contribution in [0.1, 0.15) is 46.0 Å². The van der Waals surface area contributed by atoms with E-state index in [1.165, 1.54) is 9.88 Å². The van der Waals surface area contributed by atoms with Crippen LogP contribution in [-0.4, -0.2) is 23.0 Å². The van der Waals surface area contributed by atoms with Crippen LogP contribution in [0.25, 0.3) is 0 Å². The lowest BCUT2D eigenvalue weighted by Crippen LogP contribution is -2.36. The van der Waals surface area contributed by atoms with E-state index in [0.29, 0.717) is 12.5 Å². The highest BCUT2D eigenvalue weighted by atomic mass is 32.1. The van der Waals surface area contributed by atoms with Crippen molar-refractivity contribution in [3.05, 3.63) is 31.7 Å². The van der Waals surface area contributed by atoms with Crippen molar-refractivity contribution < 1.29 is 0 Å². The Labute approximate surface area is 139 Å². The molecule has 0 saturated heterocycles. The van der Waals surface area contributed by atoms with Gasteiger partial charge in [0.2, 0.25) is 0 Å². The second kappa shape index (κ2) is 7.69. The Morgan fingerprint density at radius 2 is 1.95 bits per heavy atom. The van der Waals surface area contributed by atoms with Crippen molar-refractivity contribution in [1.29, 1.82) is 0 Å². The Balaban J connectivity index is 1.86. The molecule has 0 amide bonds. The molecule has 22 heavy (non-hydrogen) atoms. The van der Waals surface area contributed by atoms with Crippen LogP contribution in [0.5, 0.6) is 0 Å². The molecule has 2 N–H and O–H groups in total. The molecule has 2 aromatic heterocycles. The SMILES string of the molecule is CN=C(NCc1csc(C(C)C)n1)NCc1sc(C)nc1C. The number of aliphatic imine (C=N–C) groups is 1. The van der Waals surface area contributed by atoms with E-state index in [1.54, 1.807) is 29.7 Å². The number of rotatable bonds is 5. The zero-order valence-electron chi connectivity index (χ0n) is 13.7. The number of thiazole rings is 2. The number of aromatic nitrogens is 2. The van der Waals surface area contributed by atoms with E-state index in [2.05, 4.69) is 44.8 Å². The van der Waals surface area contributed by atoms with Crippen LogP contribution in [-0.2, 0) is 13.1 Å². The number of hydrogen-bond donors (Lipinski definition) is 2. The van der Waals surface area contributed by atoms with Crippen LogP contribution in [0.2, 0.25) is 0 Å². The van der Waals surface area contributed by atoms with Gasteiger partial charge in [0.15, 0.2) is 5.96 Å². The normalized spacial score (nSPS) is 12.0. The lowest BCUT2D eigenvalue weighted by Gasteiger charge is -2.10. The zero-order valence-corrected chi connectivity index (χ0v) is 15.4. The highest BCUT2D eigenvalue weighted by molar-refractivity contribution is 7.11. The first-order valence-corrected chi connectivity index (χ1v) is 9.01. The maximum Gasteiger partial charge on any atom is 0.191 e. The van der Waals surface area contributed by atoms with Crippen molar-refractivity contribution in [3.8, 4) is 0 Å². The molecule has 120 valence electrons. The molecular weight excluding hydrogens is 314 g/mol. The molecule has 0 atom stereocenters. The van der Waals surface area contributed by atoms with Crippen LogP contribution >= 0.6 is 22.7 Å². The second-order valence-corrected chi connectivity index (χ2v) is 7.53. The predicted octanol–water partition coefficient (Wildman–Crippen LogP) is 3.21. The maximum absolute atomic E-state index is 4.62. The number of hydrogen-bond acceptors (Lipinski definition) is 5. The third kappa shape index (κ3) is 4.51. The van der Waals surface area contributed by atoms with Crippen molar-refractivity contribution >= 4 is 28.6 Å². The first-order valence-electron chi connectivity index (χ1n) is 7.31. The molecule has 0 fully saturated rings. The van der Waals surface area contributed by atoms with Crippen LogP contribution in [0.4, 0.5) is 0 Å². The summed E-state index contributed by atoms with van der Waals surface area (Å²) in [7, 11) is 1.78. The van der Waals surface area contributed by atoms with Gasteiger partial charge in [0.25, 0.3) is 0 Å². The average Bonchev–Trinajstić information content (AvgIpc) is 3.06. The molecule has 0 unspecified atom stereocenters. The molecule has 2 rings (SSSR count). The van der Waals surface area contributed by atoms with E-state index < -0.39 is 0 Å². The van der Waals surface area contributed by atoms with Gasteiger partial charge >= 0.3 is 0 Å². The Hall–Kier alpha value is -1.47. The third-order valence-electron chi connectivity index (χ3n) is 3.14. The van der Waals surface area contributed by atoms with Crippen LogP contribution < -0.4 is 10.6 Å². The minimum absolute atomic E-state index is 0.480. The second-order valence-electron chi connectivity index (χ2n) is 5.35. The average molecular weight is 338 g/mol. The van der Waals surface area contributed by atoms with E-state index in [0.717, 1.165) is 28.9 Å². The molecule has 0 radical (unpaired) electrons. The molecule has 0 aromatic carbocycles. The lowest BCUT2D eigenvalue weighted by atomic mass is 10.2. The number of nitrogens with one attached hydrogen (secondary N) is 2. The molecule has 2 heterocycles. The maximum atomic E-state index is 4.62. The van der Waals surface area contributed by atoms with Gasteiger partial charge < -0.3 is 10.6 Å². The quantitative estimate of drug-likeness (QED) is 0.650. The first-order chi connectivity index (χ1) is 10.5. The van der Waals surface area contributed by atoms with Crippen molar-refractivity contribution in [1.82, 2.24) is 20.6 Å². The van der Waals surface area contributed by atoms with Gasteiger partial charge in [-0.1, -0.05) is 13.8 Å². The molecule has 0 aliphatic rings. The summed E-state index contributed by atoms with van der Waals surface area (Å²) in [5, 5.41) is 11.0. The molecule has 0 saturated carbocycles. The number of aryl methyl sites for hydroxylation is 2. The van der Waals surface area contributed by atoms with E-state index in [9.17, 15) is 0 Å². The van der Waals surface area contributed by atoms with Crippen molar-refractivity contribution in [2.75, 3.05) is 7.05 Å². The molecular formula is C15H23N5S2. The highest BCUT2D eigenvalue weighted by Crippen LogP contribution is 2.19. The van der Waals surface area contributed by atoms with Gasteiger partial charge in [0, 0.05) is 23.2 Å². The Kier molecular flexibility index (Phi) is 5.90. The van der Waals surface area contributed by atoms with E-state index in [4.69, 9.17) is 0 Å². The zero-order chi connectivity index (χ0) is 16.1. The topological polar surface area (TPSA) is 62.2 Å². The fourth-order valence-electron chi connectivity index (χ4n) is 1.97. The highest BCUT2D eigenvalue weighted by Gasteiger charge is 2.08. The summed E-state index contributed by atoms with van der Waals surface area (Å²) in [6.07, 6.45) is 0. The number of nitrogens with zero attached hydrogens (tertiary/aromatic N) is 3. The summed E-state index contributed by atoms with van der Waals surface area (Å²) in [4.78, 5) is 14.6. The van der Waals surface area contributed by atoms with Gasteiger partial charge in [0.1, 0.15) is 0 Å². The van der Waals surface area contributed by atoms with Crippen LogP contribution in [0.15, 0.2) is 10.4 Å². The molecule has 0 spiro atoms. The standard InChI is InChI=1S/C15H23N5S2/c1-9(2)14-20-12(8-21-14)6-17-15(16-5)18-7-13-10(3)19-11(4)22-13/h8-9H,6-7H2,1-5H3,(H2,16,17,18). The molecule has 7 heteroatoms. The van der Waals surface area contributed by atoms with Crippen molar-refractivity contribution in [2.45, 2.75) is 46.7 Å². The number of guanidine groups is 1. The van der Waals surface area contributed by atoms with Crippen LogP contribution in [0, 0.1) is 13.8 Å². The fraction of sp³-hybridized carbons (Fsp3) is 0.533. The molecule has 0 aliphatic heterocycles. The first kappa shape index (κ1) is 16.9. The minimum atomic E-state index is 0.480. The summed E-state index contributed by atoms with van der Waals surface area (Å²) in [5.74, 6) is 1.26. The molecule has 2 aromatic rings. The van der Waals surface area contributed by atoms with Gasteiger partial charge in [-0.15, -0.1) is 22.7 Å². The minimum Gasteiger partial charge on any atom is -0.351 e. The monoisotopic (exact) mass is 337 g/mol. The van der Waals surface area contributed by atoms with Crippen molar-refractivity contribution in [3.63, 3.8) is 0 Å². The van der Waals surface area contributed by atoms with Crippen molar-refractivity contribution in [2.24, 2.45) is 4.99 Å². The lowest BCUT2D eigenvalue weighted by molar-refractivity contribution is 0.785. The van der Waals surface area contributed by atoms with Gasteiger partial charge in [-0.25, -0.2) is 9.97 Å².